The first-order valence-electron chi connectivity index (χ1n) is 11.6. The number of nitrogens with one attached hydrogen (secondary N) is 1. The Morgan fingerprint density at radius 2 is 1.74 bits per heavy atom. The molecule has 0 spiro atoms. The number of rotatable bonds is 7. The van der Waals surface area contributed by atoms with E-state index in [1.54, 1.807) is 7.11 Å². The summed E-state index contributed by atoms with van der Waals surface area (Å²) < 4.78 is 5.55. The third-order valence-corrected chi connectivity index (χ3v) is 6.55. The van der Waals surface area contributed by atoms with Gasteiger partial charge in [-0.2, -0.15) is 0 Å². The number of aryl methyl sites for hydroxylation is 1. The monoisotopic (exact) mass is 422 g/mol. The van der Waals surface area contributed by atoms with E-state index in [9.17, 15) is 4.79 Å². The fraction of sp³-hybridized carbons (Fsp3) is 0.519. The van der Waals surface area contributed by atoms with Crippen LogP contribution in [-0.4, -0.2) is 31.0 Å². The Kier molecular flexibility index (Phi) is 7.77. The predicted molar refractivity (Wildman–Crippen MR) is 128 cm³/mol. The maximum Gasteiger partial charge on any atom is 0.251 e. The van der Waals surface area contributed by atoms with Gasteiger partial charge < -0.3 is 10.1 Å². The van der Waals surface area contributed by atoms with Gasteiger partial charge in [0.25, 0.3) is 5.91 Å². The van der Waals surface area contributed by atoms with E-state index >= 15 is 0 Å². The van der Waals surface area contributed by atoms with Crippen LogP contribution in [0, 0.1) is 12.8 Å². The molecule has 0 aromatic heterocycles. The second-order valence-electron chi connectivity index (χ2n) is 9.46. The third kappa shape index (κ3) is 5.88. The van der Waals surface area contributed by atoms with Gasteiger partial charge >= 0.3 is 0 Å². The van der Waals surface area contributed by atoms with Crippen molar-refractivity contribution in [3.05, 3.63) is 64.2 Å². The number of methoxy groups -OCH3 is 1. The first-order valence-corrected chi connectivity index (χ1v) is 11.6. The minimum absolute atomic E-state index is 0.0350. The van der Waals surface area contributed by atoms with Crippen molar-refractivity contribution < 1.29 is 9.53 Å². The molecule has 3 rings (SSSR count). The molecule has 1 N–H and O–H groups in total. The van der Waals surface area contributed by atoms with Crippen LogP contribution in [0.4, 0.5) is 0 Å². The fourth-order valence-corrected chi connectivity index (χ4v) is 4.41. The Labute approximate surface area is 188 Å². The van der Waals surface area contributed by atoms with E-state index in [0.717, 1.165) is 29.3 Å². The first-order chi connectivity index (χ1) is 14.8. The summed E-state index contributed by atoms with van der Waals surface area (Å²) in [4.78, 5) is 15.4. The highest BCUT2D eigenvalue weighted by atomic mass is 16.5. The molecule has 168 valence electrons. The third-order valence-electron chi connectivity index (χ3n) is 6.55. The lowest BCUT2D eigenvalue weighted by Crippen LogP contribution is -2.32. The van der Waals surface area contributed by atoms with Gasteiger partial charge in [-0.1, -0.05) is 32.9 Å². The van der Waals surface area contributed by atoms with Crippen LogP contribution >= 0.6 is 0 Å². The van der Waals surface area contributed by atoms with Gasteiger partial charge in [0.2, 0.25) is 0 Å². The Bertz CT molecular complexity index is 881. The summed E-state index contributed by atoms with van der Waals surface area (Å²) in [6.45, 7) is 14.1. The van der Waals surface area contributed by atoms with Crippen LogP contribution in [0.3, 0.4) is 0 Å². The number of carbonyl (C=O) groups excluding carboxylic acids is 1. The highest BCUT2D eigenvalue weighted by molar-refractivity contribution is 5.94. The predicted octanol–water partition coefficient (Wildman–Crippen LogP) is 5.85. The summed E-state index contributed by atoms with van der Waals surface area (Å²) in [5.74, 6) is 2.07. The summed E-state index contributed by atoms with van der Waals surface area (Å²) in [5, 5.41) is 3.17. The number of benzene rings is 2. The van der Waals surface area contributed by atoms with Gasteiger partial charge in [0.1, 0.15) is 5.75 Å². The molecule has 1 amide bonds. The molecule has 4 heteroatoms. The van der Waals surface area contributed by atoms with Gasteiger partial charge in [0.15, 0.2) is 0 Å². The van der Waals surface area contributed by atoms with Gasteiger partial charge in [0, 0.05) is 12.1 Å². The molecule has 4 nitrogen and oxygen atoms in total. The highest BCUT2D eigenvalue weighted by Crippen LogP contribution is 2.32. The van der Waals surface area contributed by atoms with E-state index < -0.39 is 0 Å². The average molecular weight is 423 g/mol. The molecule has 1 aliphatic heterocycles. The van der Waals surface area contributed by atoms with Gasteiger partial charge in [0.05, 0.1) is 13.2 Å². The molecule has 1 heterocycles. The molecule has 2 aromatic rings. The zero-order chi connectivity index (χ0) is 22.5. The van der Waals surface area contributed by atoms with E-state index in [1.807, 2.05) is 19.1 Å². The van der Waals surface area contributed by atoms with Gasteiger partial charge in [-0.15, -0.1) is 0 Å². The molecule has 0 unspecified atom stereocenters. The molecule has 0 saturated carbocycles. The Morgan fingerprint density at radius 1 is 1.10 bits per heavy atom. The lowest BCUT2D eigenvalue weighted by molar-refractivity contribution is 0.0939. The summed E-state index contributed by atoms with van der Waals surface area (Å²) in [6.07, 6.45) is 2.56. The smallest absolute Gasteiger partial charge is 0.251 e. The zero-order valence-electron chi connectivity index (χ0n) is 20.0. The number of likely N-dealkylation sites (tertiary alicyclic amines) is 1. The number of nitrogens with zero attached hydrogens (tertiary/aromatic N) is 1. The van der Waals surface area contributed by atoms with Crippen molar-refractivity contribution in [2.75, 3.05) is 20.2 Å². The van der Waals surface area contributed by atoms with Crippen molar-refractivity contribution in [2.24, 2.45) is 5.92 Å². The second kappa shape index (κ2) is 10.3. The van der Waals surface area contributed by atoms with E-state index in [2.05, 4.69) is 62.2 Å². The van der Waals surface area contributed by atoms with E-state index in [4.69, 9.17) is 4.74 Å². The maximum atomic E-state index is 12.9. The highest BCUT2D eigenvalue weighted by Gasteiger charge is 2.18. The lowest BCUT2D eigenvalue weighted by atomic mass is 9.93. The number of hydrogen-bond acceptors (Lipinski definition) is 3. The second-order valence-corrected chi connectivity index (χ2v) is 9.46. The number of ether oxygens (including phenoxy) is 1. The molecule has 1 atom stereocenters. The van der Waals surface area contributed by atoms with Crippen LogP contribution < -0.4 is 10.1 Å². The molecular weight excluding hydrogens is 384 g/mol. The minimum atomic E-state index is -0.0778. The van der Waals surface area contributed by atoms with Crippen molar-refractivity contribution in [3.8, 4) is 5.75 Å². The molecule has 0 bridgehead atoms. The van der Waals surface area contributed by atoms with Crippen molar-refractivity contribution in [3.63, 3.8) is 0 Å². The zero-order valence-corrected chi connectivity index (χ0v) is 20.0. The normalized spacial score (nSPS) is 16.4. The van der Waals surface area contributed by atoms with Crippen molar-refractivity contribution in [1.82, 2.24) is 10.2 Å². The molecule has 2 aromatic carbocycles. The largest absolute Gasteiger partial charge is 0.496 e. The average Bonchev–Trinajstić information content (AvgIpc) is 2.75. The quantitative estimate of drug-likeness (QED) is 0.608. The molecule has 31 heavy (non-hydrogen) atoms. The summed E-state index contributed by atoms with van der Waals surface area (Å²) in [7, 11) is 1.71. The number of carbonyl (C=O) groups is 1. The molecule has 1 fully saturated rings. The van der Waals surface area contributed by atoms with E-state index in [1.165, 1.54) is 37.1 Å². The Balaban J connectivity index is 1.65. The maximum absolute atomic E-state index is 12.9. The number of hydrogen-bond donors (Lipinski definition) is 1. The van der Waals surface area contributed by atoms with Crippen LogP contribution in [-0.2, 0) is 6.54 Å². The van der Waals surface area contributed by atoms with Crippen LogP contribution in [0.2, 0.25) is 0 Å². The SMILES string of the molecule is COc1cc(C)c([C@@H](C)NC(=O)c2ccc(CN3CCC(C)CC3)cc2)cc1C(C)C. The van der Waals surface area contributed by atoms with Gasteiger partial charge in [-0.3, -0.25) is 9.69 Å². The van der Waals surface area contributed by atoms with Crippen molar-refractivity contribution >= 4 is 5.91 Å². The molecule has 1 saturated heterocycles. The van der Waals surface area contributed by atoms with Gasteiger partial charge in [-0.05, 0) is 98.1 Å². The molecule has 0 radical (unpaired) electrons. The van der Waals surface area contributed by atoms with E-state index in [0.29, 0.717) is 11.5 Å². The number of amides is 1. The van der Waals surface area contributed by atoms with E-state index in [-0.39, 0.29) is 11.9 Å². The topological polar surface area (TPSA) is 41.6 Å². The summed E-state index contributed by atoms with van der Waals surface area (Å²) in [5.41, 5.74) is 5.40. The molecule has 1 aliphatic rings. The lowest BCUT2D eigenvalue weighted by Gasteiger charge is -2.30. The number of piperidine rings is 1. The van der Waals surface area contributed by atoms with Crippen LogP contribution in [0.5, 0.6) is 5.75 Å². The van der Waals surface area contributed by atoms with Crippen molar-refractivity contribution in [1.29, 1.82) is 0 Å². The Hall–Kier alpha value is -2.33. The van der Waals surface area contributed by atoms with Crippen LogP contribution in [0.15, 0.2) is 36.4 Å². The first kappa shape index (κ1) is 23.3. The van der Waals surface area contributed by atoms with Crippen LogP contribution in [0.1, 0.15) is 85.1 Å². The van der Waals surface area contributed by atoms with Gasteiger partial charge in [-0.25, -0.2) is 0 Å². The van der Waals surface area contributed by atoms with Crippen LogP contribution in [0.25, 0.3) is 0 Å². The molecular formula is C27H38N2O2. The van der Waals surface area contributed by atoms with Crippen molar-refractivity contribution in [2.45, 2.75) is 66.0 Å². The minimum Gasteiger partial charge on any atom is -0.496 e. The molecule has 0 aliphatic carbocycles. The fourth-order valence-electron chi connectivity index (χ4n) is 4.41. The summed E-state index contributed by atoms with van der Waals surface area (Å²) in [6, 6.07) is 12.2. The summed E-state index contributed by atoms with van der Waals surface area (Å²) >= 11 is 0. The standard InChI is InChI=1S/C27H38N2O2/c1-18(2)24-16-25(20(4)15-26(24)31-6)21(5)28-27(30)23-9-7-22(8-10-23)17-29-13-11-19(3)12-14-29/h7-10,15-16,18-19,21H,11-14,17H2,1-6H3,(H,28,30)/t21-/m1/s1. The Morgan fingerprint density at radius 3 is 2.32 bits per heavy atom.